The van der Waals surface area contributed by atoms with E-state index in [1.54, 1.807) is 51.4 Å². The maximum atomic E-state index is 12.3. The lowest BCUT2D eigenvalue weighted by Gasteiger charge is -2.21. The maximum Gasteiger partial charge on any atom is 0.317 e. The van der Waals surface area contributed by atoms with E-state index >= 15 is 0 Å². The molecule has 144 valence electrons. The first-order chi connectivity index (χ1) is 12.9. The summed E-state index contributed by atoms with van der Waals surface area (Å²) in [5, 5.41) is 6.22. The van der Waals surface area contributed by atoms with Crippen molar-refractivity contribution in [2.45, 2.75) is 13.0 Å². The number of esters is 1. The van der Waals surface area contributed by atoms with E-state index in [1.807, 2.05) is 6.07 Å². The number of likely N-dealkylation sites (N-methyl/N-ethyl adjacent to an activating group) is 1. The number of benzene rings is 1. The Morgan fingerprint density at radius 2 is 1.93 bits per heavy atom. The predicted molar refractivity (Wildman–Crippen MR) is 101 cm³/mol. The number of rotatable bonds is 8. The van der Waals surface area contributed by atoms with E-state index < -0.39 is 12.1 Å². The number of aromatic nitrogens is 1. The Morgan fingerprint density at radius 3 is 2.52 bits per heavy atom. The zero-order chi connectivity index (χ0) is 19.8. The summed E-state index contributed by atoms with van der Waals surface area (Å²) in [6.07, 6.45) is -1.01. The van der Waals surface area contributed by atoms with Crippen LogP contribution in [-0.2, 0) is 19.1 Å². The zero-order valence-corrected chi connectivity index (χ0v) is 16.1. The van der Waals surface area contributed by atoms with Crippen LogP contribution in [0, 0.1) is 6.92 Å². The van der Waals surface area contributed by atoms with Crippen molar-refractivity contribution >= 4 is 35.4 Å². The van der Waals surface area contributed by atoms with Crippen LogP contribution >= 0.6 is 11.8 Å². The van der Waals surface area contributed by atoms with E-state index in [2.05, 4.69) is 10.5 Å². The zero-order valence-electron chi connectivity index (χ0n) is 15.3. The number of ether oxygens (including phenoxy) is 1. The van der Waals surface area contributed by atoms with Gasteiger partial charge in [0, 0.05) is 25.7 Å². The normalized spacial score (nSPS) is 11.5. The number of amides is 2. The summed E-state index contributed by atoms with van der Waals surface area (Å²) >= 11 is 1.08. The van der Waals surface area contributed by atoms with Crippen molar-refractivity contribution in [3.05, 3.63) is 47.7 Å². The Labute approximate surface area is 161 Å². The number of thioether (sulfide) groups is 1. The molecule has 2 amide bonds. The Balaban J connectivity index is 1.84. The molecule has 8 nitrogen and oxygen atoms in total. The van der Waals surface area contributed by atoms with Crippen LogP contribution < -0.4 is 5.32 Å². The molecule has 2 aromatic rings. The van der Waals surface area contributed by atoms with Gasteiger partial charge < -0.3 is 19.5 Å². The third-order valence-corrected chi connectivity index (χ3v) is 4.27. The molecule has 2 rings (SSSR count). The molecule has 0 saturated heterocycles. The number of anilines is 1. The molecule has 0 radical (unpaired) electrons. The molecule has 0 aliphatic carbocycles. The molecule has 1 N–H and O–H groups in total. The van der Waals surface area contributed by atoms with E-state index in [0.29, 0.717) is 17.1 Å². The molecule has 0 bridgehead atoms. The lowest BCUT2D eigenvalue weighted by molar-refractivity contribution is -0.157. The van der Waals surface area contributed by atoms with Crippen molar-refractivity contribution in [2.24, 2.45) is 0 Å². The van der Waals surface area contributed by atoms with Gasteiger partial charge in [0.15, 0.2) is 5.82 Å². The highest BCUT2D eigenvalue weighted by atomic mass is 32.2. The van der Waals surface area contributed by atoms with Gasteiger partial charge in [-0.05, 0) is 6.92 Å². The van der Waals surface area contributed by atoms with Crippen molar-refractivity contribution in [2.75, 3.05) is 30.9 Å². The van der Waals surface area contributed by atoms with Gasteiger partial charge in [-0.3, -0.25) is 14.4 Å². The number of hydrogen-bond donors (Lipinski definition) is 1. The smallest absolute Gasteiger partial charge is 0.317 e. The summed E-state index contributed by atoms with van der Waals surface area (Å²) in [6.45, 7) is 1.71. The van der Waals surface area contributed by atoms with E-state index in [-0.39, 0.29) is 23.3 Å². The fraction of sp³-hybridized carbons (Fsp3) is 0.333. The Kier molecular flexibility index (Phi) is 7.42. The largest absolute Gasteiger partial charge is 0.447 e. The first kappa shape index (κ1) is 20.5. The highest BCUT2D eigenvalue weighted by Gasteiger charge is 2.26. The molecule has 0 spiro atoms. The summed E-state index contributed by atoms with van der Waals surface area (Å²) in [6, 6.07) is 10.4. The third kappa shape index (κ3) is 6.45. The van der Waals surface area contributed by atoms with Crippen LogP contribution in [0.1, 0.15) is 17.4 Å². The topological polar surface area (TPSA) is 102 Å². The number of carbonyl (C=O) groups excluding carboxylic acids is 3. The monoisotopic (exact) mass is 391 g/mol. The summed E-state index contributed by atoms with van der Waals surface area (Å²) in [5.74, 6) is -0.341. The lowest BCUT2D eigenvalue weighted by atomic mass is 10.1. The Morgan fingerprint density at radius 1 is 1.22 bits per heavy atom. The highest BCUT2D eigenvalue weighted by molar-refractivity contribution is 8.00. The Bertz CT molecular complexity index is 791. The summed E-state index contributed by atoms with van der Waals surface area (Å²) in [5.41, 5.74) is 0.591. The minimum atomic E-state index is -1.01. The van der Waals surface area contributed by atoms with Crippen LogP contribution in [0.2, 0.25) is 0 Å². The second-order valence-electron chi connectivity index (χ2n) is 5.88. The van der Waals surface area contributed by atoms with E-state index in [9.17, 15) is 14.4 Å². The molecule has 0 fully saturated rings. The minimum absolute atomic E-state index is 0.0403. The van der Waals surface area contributed by atoms with E-state index in [1.165, 1.54) is 4.90 Å². The van der Waals surface area contributed by atoms with E-state index in [4.69, 9.17) is 9.26 Å². The van der Waals surface area contributed by atoms with Gasteiger partial charge in [0.25, 0.3) is 5.91 Å². The van der Waals surface area contributed by atoms with Crippen LogP contribution in [0.5, 0.6) is 0 Å². The van der Waals surface area contributed by atoms with Gasteiger partial charge in [0.05, 0.1) is 11.5 Å². The van der Waals surface area contributed by atoms with Gasteiger partial charge in [-0.25, -0.2) is 0 Å². The van der Waals surface area contributed by atoms with Gasteiger partial charge in [0.2, 0.25) is 12.0 Å². The first-order valence-corrected chi connectivity index (χ1v) is 9.29. The predicted octanol–water partition coefficient (Wildman–Crippen LogP) is 2.03. The quantitative estimate of drug-likeness (QED) is 0.687. The molecule has 1 aromatic carbocycles. The summed E-state index contributed by atoms with van der Waals surface area (Å²) in [7, 11) is 3.19. The summed E-state index contributed by atoms with van der Waals surface area (Å²) in [4.78, 5) is 37.6. The van der Waals surface area contributed by atoms with Crippen molar-refractivity contribution < 1.29 is 23.6 Å². The Hall–Kier alpha value is -2.81. The molecule has 27 heavy (non-hydrogen) atoms. The SMILES string of the molecule is Cc1cc(NC(=O)CSCC(=O)OC(C(=O)N(C)C)c2ccccc2)no1. The fourth-order valence-electron chi connectivity index (χ4n) is 2.12. The standard InChI is InChI=1S/C18H21N3O5S/c1-12-9-14(20-26-12)19-15(22)10-27-11-16(23)25-17(18(24)21(2)3)13-7-5-4-6-8-13/h4-9,17H,10-11H2,1-3H3,(H,19,20,22). The molecule has 0 saturated carbocycles. The van der Waals surface area contributed by atoms with Gasteiger partial charge in [-0.2, -0.15) is 0 Å². The first-order valence-electron chi connectivity index (χ1n) is 8.13. The third-order valence-electron chi connectivity index (χ3n) is 3.37. The van der Waals surface area contributed by atoms with Gasteiger partial charge in [-0.15, -0.1) is 11.8 Å². The fourth-order valence-corrected chi connectivity index (χ4v) is 2.71. The lowest BCUT2D eigenvalue weighted by Crippen LogP contribution is -2.31. The van der Waals surface area contributed by atoms with Crippen molar-refractivity contribution in [3.8, 4) is 0 Å². The maximum absolute atomic E-state index is 12.3. The highest BCUT2D eigenvalue weighted by Crippen LogP contribution is 2.20. The van der Waals surface area contributed by atoms with Crippen molar-refractivity contribution in [1.82, 2.24) is 10.1 Å². The van der Waals surface area contributed by atoms with E-state index in [0.717, 1.165) is 11.8 Å². The number of carbonyl (C=O) groups is 3. The number of aryl methyl sites for hydroxylation is 1. The van der Waals surface area contributed by atoms with Crippen LogP contribution in [-0.4, -0.2) is 53.4 Å². The molecule has 1 atom stereocenters. The van der Waals surface area contributed by atoms with Gasteiger partial charge >= 0.3 is 5.97 Å². The number of nitrogens with zero attached hydrogens (tertiary/aromatic N) is 2. The minimum Gasteiger partial charge on any atom is -0.447 e. The van der Waals surface area contributed by atoms with Crippen LogP contribution in [0.25, 0.3) is 0 Å². The molecule has 1 unspecified atom stereocenters. The van der Waals surface area contributed by atoms with Crippen LogP contribution in [0.4, 0.5) is 5.82 Å². The molecule has 0 aliphatic heterocycles. The second-order valence-corrected chi connectivity index (χ2v) is 6.86. The van der Waals surface area contributed by atoms with Crippen molar-refractivity contribution in [3.63, 3.8) is 0 Å². The molecular formula is C18H21N3O5S. The molecule has 1 aromatic heterocycles. The number of nitrogens with one attached hydrogen (secondary N) is 1. The molecule has 0 aliphatic rings. The van der Waals surface area contributed by atoms with Crippen LogP contribution in [0.15, 0.2) is 40.9 Å². The van der Waals surface area contributed by atoms with Gasteiger partial charge in [-0.1, -0.05) is 35.5 Å². The average molecular weight is 391 g/mol. The summed E-state index contributed by atoms with van der Waals surface area (Å²) < 4.78 is 10.2. The van der Waals surface area contributed by atoms with Crippen molar-refractivity contribution in [1.29, 1.82) is 0 Å². The average Bonchev–Trinajstić information content (AvgIpc) is 3.04. The molecule has 1 heterocycles. The second kappa shape index (κ2) is 9.77. The van der Waals surface area contributed by atoms with Gasteiger partial charge in [0.1, 0.15) is 5.76 Å². The molecule has 9 heteroatoms. The van der Waals surface area contributed by atoms with Crippen LogP contribution in [0.3, 0.4) is 0 Å². The molecular weight excluding hydrogens is 370 g/mol. The number of hydrogen-bond acceptors (Lipinski definition) is 7.